The van der Waals surface area contributed by atoms with Crippen LogP contribution < -0.4 is 0 Å². The van der Waals surface area contributed by atoms with Crippen LogP contribution in [0.5, 0.6) is 5.75 Å². The molecule has 0 aromatic heterocycles. The highest BCUT2D eigenvalue weighted by molar-refractivity contribution is 6.42. The van der Waals surface area contributed by atoms with Gasteiger partial charge in [-0.25, -0.2) is 0 Å². The quantitative estimate of drug-likeness (QED) is 0.752. The molecule has 88 valence electrons. The number of aryl methyl sites for hydroxylation is 1. The van der Waals surface area contributed by atoms with Crippen molar-refractivity contribution >= 4 is 34.8 Å². The van der Waals surface area contributed by atoms with Crippen molar-refractivity contribution < 1.29 is 5.11 Å². The third-order valence-corrected chi connectivity index (χ3v) is 3.65. The zero-order valence-electron chi connectivity index (χ0n) is 8.97. The fourth-order valence-electron chi connectivity index (χ4n) is 1.57. The largest absolute Gasteiger partial charge is 0.507 e. The Bertz CT molecular complexity index is 579. The summed E-state index contributed by atoms with van der Waals surface area (Å²) in [6, 6.07) is 8.55. The van der Waals surface area contributed by atoms with Crippen LogP contribution in [0.15, 0.2) is 30.3 Å². The monoisotopic (exact) mass is 286 g/mol. The SMILES string of the molecule is Cc1cc(-c2ccc(Cl)c(Cl)c2)c(O)cc1Cl. The van der Waals surface area contributed by atoms with Crippen molar-refractivity contribution in [2.24, 2.45) is 0 Å². The van der Waals surface area contributed by atoms with Crippen LogP contribution in [0.3, 0.4) is 0 Å². The molecule has 2 aromatic carbocycles. The summed E-state index contributed by atoms with van der Waals surface area (Å²) in [6.07, 6.45) is 0. The Morgan fingerprint density at radius 1 is 0.882 bits per heavy atom. The van der Waals surface area contributed by atoms with Crippen molar-refractivity contribution in [2.75, 3.05) is 0 Å². The second kappa shape index (κ2) is 4.77. The van der Waals surface area contributed by atoms with E-state index in [-0.39, 0.29) is 5.75 Å². The van der Waals surface area contributed by atoms with E-state index < -0.39 is 0 Å². The van der Waals surface area contributed by atoms with E-state index in [0.29, 0.717) is 20.6 Å². The number of halogens is 3. The summed E-state index contributed by atoms with van der Waals surface area (Å²) in [5, 5.41) is 11.3. The zero-order chi connectivity index (χ0) is 12.6. The molecule has 0 spiro atoms. The van der Waals surface area contributed by atoms with Crippen molar-refractivity contribution in [1.29, 1.82) is 0 Å². The normalized spacial score (nSPS) is 10.6. The van der Waals surface area contributed by atoms with Crippen LogP contribution in [0.2, 0.25) is 15.1 Å². The topological polar surface area (TPSA) is 20.2 Å². The van der Waals surface area contributed by atoms with E-state index in [0.717, 1.165) is 11.1 Å². The molecular formula is C13H9Cl3O. The highest BCUT2D eigenvalue weighted by atomic mass is 35.5. The average Bonchev–Trinajstić information content (AvgIpc) is 2.27. The molecule has 1 nitrogen and oxygen atoms in total. The third kappa shape index (κ3) is 2.52. The standard InChI is InChI=1S/C13H9Cl3O/c1-7-4-9(13(17)6-11(7)15)8-2-3-10(14)12(16)5-8/h2-6,17H,1H3. The van der Waals surface area contributed by atoms with Crippen LogP contribution >= 0.6 is 34.8 Å². The fraction of sp³-hybridized carbons (Fsp3) is 0.0769. The lowest BCUT2D eigenvalue weighted by atomic mass is 10.0. The molecule has 0 aliphatic rings. The lowest BCUT2D eigenvalue weighted by Crippen LogP contribution is -1.83. The molecule has 0 saturated heterocycles. The summed E-state index contributed by atoms with van der Waals surface area (Å²) in [7, 11) is 0. The molecule has 0 aliphatic heterocycles. The summed E-state index contributed by atoms with van der Waals surface area (Å²) in [5.74, 6) is 0.124. The molecule has 0 bridgehead atoms. The molecule has 1 N–H and O–H groups in total. The molecule has 0 atom stereocenters. The van der Waals surface area contributed by atoms with Crippen molar-refractivity contribution in [2.45, 2.75) is 6.92 Å². The highest BCUT2D eigenvalue weighted by Gasteiger charge is 2.09. The Hall–Kier alpha value is -0.890. The number of aromatic hydroxyl groups is 1. The van der Waals surface area contributed by atoms with Crippen LogP contribution in [-0.4, -0.2) is 5.11 Å². The van der Waals surface area contributed by atoms with Gasteiger partial charge in [-0.15, -0.1) is 0 Å². The molecule has 4 heteroatoms. The molecule has 0 fully saturated rings. The number of benzene rings is 2. The van der Waals surface area contributed by atoms with Crippen molar-refractivity contribution in [3.63, 3.8) is 0 Å². The van der Waals surface area contributed by atoms with E-state index in [1.54, 1.807) is 18.2 Å². The van der Waals surface area contributed by atoms with Crippen LogP contribution in [0.1, 0.15) is 5.56 Å². The Labute approximate surface area is 115 Å². The van der Waals surface area contributed by atoms with Gasteiger partial charge in [0.25, 0.3) is 0 Å². The first-order chi connectivity index (χ1) is 7.99. The zero-order valence-corrected chi connectivity index (χ0v) is 11.2. The van der Waals surface area contributed by atoms with E-state index in [4.69, 9.17) is 34.8 Å². The number of phenolic OH excluding ortho intramolecular Hbond substituents is 1. The molecule has 0 aliphatic carbocycles. The summed E-state index contributed by atoms with van der Waals surface area (Å²) in [4.78, 5) is 0. The first-order valence-corrected chi connectivity index (χ1v) is 6.07. The van der Waals surface area contributed by atoms with E-state index >= 15 is 0 Å². The van der Waals surface area contributed by atoms with Crippen molar-refractivity contribution in [3.05, 3.63) is 51.0 Å². The average molecular weight is 288 g/mol. The van der Waals surface area contributed by atoms with E-state index in [1.807, 2.05) is 13.0 Å². The number of hydrogen-bond acceptors (Lipinski definition) is 1. The van der Waals surface area contributed by atoms with Gasteiger partial charge in [0.15, 0.2) is 0 Å². The van der Waals surface area contributed by atoms with Gasteiger partial charge in [-0.1, -0.05) is 40.9 Å². The summed E-state index contributed by atoms with van der Waals surface area (Å²) < 4.78 is 0. The molecule has 0 radical (unpaired) electrons. The highest BCUT2D eigenvalue weighted by Crippen LogP contribution is 2.36. The lowest BCUT2D eigenvalue weighted by molar-refractivity contribution is 0.477. The molecule has 0 unspecified atom stereocenters. The maximum atomic E-state index is 9.87. The van der Waals surface area contributed by atoms with Gasteiger partial charge in [0.1, 0.15) is 5.75 Å². The minimum absolute atomic E-state index is 0.124. The van der Waals surface area contributed by atoms with Gasteiger partial charge in [-0.2, -0.15) is 0 Å². The maximum Gasteiger partial charge on any atom is 0.124 e. The second-order valence-corrected chi connectivity index (χ2v) is 4.97. The van der Waals surface area contributed by atoms with E-state index in [9.17, 15) is 5.11 Å². The third-order valence-electron chi connectivity index (χ3n) is 2.51. The molecule has 2 rings (SSSR count). The van der Waals surface area contributed by atoms with E-state index in [1.165, 1.54) is 6.07 Å². The Kier molecular flexibility index (Phi) is 3.53. The number of rotatable bonds is 1. The number of phenols is 1. The Morgan fingerprint density at radius 2 is 1.59 bits per heavy atom. The fourth-order valence-corrected chi connectivity index (χ4v) is 2.02. The van der Waals surface area contributed by atoms with Gasteiger partial charge in [-0.3, -0.25) is 0 Å². The minimum atomic E-state index is 0.124. The molecule has 17 heavy (non-hydrogen) atoms. The molecular weight excluding hydrogens is 279 g/mol. The van der Waals surface area contributed by atoms with Gasteiger partial charge in [-0.05, 0) is 42.3 Å². The van der Waals surface area contributed by atoms with E-state index in [2.05, 4.69) is 0 Å². The van der Waals surface area contributed by atoms with Gasteiger partial charge in [0.05, 0.1) is 10.0 Å². The molecule has 2 aromatic rings. The number of hydrogen-bond donors (Lipinski definition) is 1. The molecule has 0 saturated carbocycles. The second-order valence-electron chi connectivity index (χ2n) is 3.75. The Balaban J connectivity index is 2.60. The predicted octanol–water partition coefficient (Wildman–Crippen LogP) is 5.33. The van der Waals surface area contributed by atoms with Crippen molar-refractivity contribution in [1.82, 2.24) is 0 Å². The predicted molar refractivity (Wildman–Crippen MR) is 73.3 cm³/mol. The first kappa shape index (κ1) is 12.6. The summed E-state index contributed by atoms with van der Waals surface area (Å²) >= 11 is 17.7. The van der Waals surface area contributed by atoms with Crippen LogP contribution in [0, 0.1) is 6.92 Å². The molecule has 0 amide bonds. The summed E-state index contributed by atoms with van der Waals surface area (Å²) in [5.41, 5.74) is 2.38. The molecule has 0 heterocycles. The lowest BCUT2D eigenvalue weighted by Gasteiger charge is -2.08. The van der Waals surface area contributed by atoms with Gasteiger partial charge < -0.3 is 5.11 Å². The van der Waals surface area contributed by atoms with Gasteiger partial charge >= 0.3 is 0 Å². The van der Waals surface area contributed by atoms with Crippen LogP contribution in [0.25, 0.3) is 11.1 Å². The van der Waals surface area contributed by atoms with Crippen LogP contribution in [0.4, 0.5) is 0 Å². The maximum absolute atomic E-state index is 9.87. The smallest absolute Gasteiger partial charge is 0.124 e. The minimum Gasteiger partial charge on any atom is -0.507 e. The van der Waals surface area contributed by atoms with Gasteiger partial charge in [0, 0.05) is 10.6 Å². The van der Waals surface area contributed by atoms with Crippen LogP contribution in [-0.2, 0) is 0 Å². The summed E-state index contributed by atoms with van der Waals surface area (Å²) in [6.45, 7) is 1.88. The Morgan fingerprint density at radius 3 is 2.24 bits per heavy atom. The van der Waals surface area contributed by atoms with Crippen molar-refractivity contribution in [3.8, 4) is 16.9 Å². The van der Waals surface area contributed by atoms with Gasteiger partial charge in [0.2, 0.25) is 0 Å². The first-order valence-electron chi connectivity index (χ1n) is 4.93.